The first-order chi connectivity index (χ1) is 7.59. The predicted octanol–water partition coefficient (Wildman–Crippen LogP) is 1.28. The number of nitrogens with zero attached hydrogens (tertiary/aromatic N) is 1. The minimum Gasteiger partial charge on any atom is -0.480 e. The Morgan fingerprint density at radius 1 is 1.25 bits per heavy atom. The van der Waals surface area contributed by atoms with Gasteiger partial charge >= 0.3 is 5.97 Å². The Balaban J connectivity index is 2.39. The van der Waals surface area contributed by atoms with Crippen LogP contribution in [0.1, 0.15) is 16.8 Å². The predicted molar refractivity (Wildman–Crippen MR) is 60.5 cm³/mol. The normalized spacial score (nSPS) is 10.4. The van der Waals surface area contributed by atoms with Gasteiger partial charge in [0.1, 0.15) is 0 Å². The molecule has 4 nitrogen and oxygen atoms in total. The number of Topliss-reactive ketones (excluding diaryl/α,β-unsaturated/α-hetero) is 1. The molecule has 86 valence electrons. The van der Waals surface area contributed by atoms with Crippen molar-refractivity contribution in [3.05, 3.63) is 35.9 Å². The molecule has 0 heterocycles. The van der Waals surface area contributed by atoms with Crippen LogP contribution in [0.15, 0.2) is 30.3 Å². The van der Waals surface area contributed by atoms with Gasteiger partial charge in [0.05, 0.1) is 6.54 Å². The van der Waals surface area contributed by atoms with Crippen LogP contribution in [0, 0.1) is 0 Å². The summed E-state index contributed by atoms with van der Waals surface area (Å²) in [6.07, 6.45) is 0.341. The maximum atomic E-state index is 11.7. The summed E-state index contributed by atoms with van der Waals surface area (Å²) in [6.45, 7) is 0.419. The van der Waals surface area contributed by atoms with E-state index < -0.39 is 5.97 Å². The Morgan fingerprint density at radius 3 is 2.44 bits per heavy atom. The van der Waals surface area contributed by atoms with Crippen LogP contribution in [-0.4, -0.2) is 41.9 Å². The quantitative estimate of drug-likeness (QED) is 0.735. The number of ketones is 1. The third-order valence-corrected chi connectivity index (χ3v) is 2.22. The lowest BCUT2D eigenvalue weighted by atomic mass is 10.1. The summed E-state index contributed by atoms with van der Waals surface area (Å²) >= 11 is 0. The van der Waals surface area contributed by atoms with Crippen molar-refractivity contribution in [1.82, 2.24) is 4.90 Å². The van der Waals surface area contributed by atoms with Crippen LogP contribution >= 0.6 is 0 Å². The van der Waals surface area contributed by atoms with Crippen molar-refractivity contribution in [1.29, 1.82) is 0 Å². The molecule has 0 aliphatic rings. The Labute approximate surface area is 94.5 Å². The maximum absolute atomic E-state index is 11.7. The number of hydrogen-bond acceptors (Lipinski definition) is 3. The number of carboxylic acid groups (broad SMARTS) is 1. The van der Waals surface area contributed by atoms with Crippen molar-refractivity contribution < 1.29 is 14.7 Å². The first-order valence-electron chi connectivity index (χ1n) is 5.08. The molecule has 0 saturated carbocycles. The average Bonchev–Trinajstić information content (AvgIpc) is 2.26. The SMILES string of the molecule is CN(CCC(=O)c1ccccc1)CC(=O)O. The van der Waals surface area contributed by atoms with E-state index in [1.165, 1.54) is 0 Å². The van der Waals surface area contributed by atoms with Crippen LogP contribution in [0.3, 0.4) is 0 Å². The third kappa shape index (κ3) is 4.23. The molecule has 0 spiro atoms. The molecule has 0 atom stereocenters. The van der Waals surface area contributed by atoms with Gasteiger partial charge < -0.3 is 5.11 Å². The van der Waals surface area contributed by atoms with Crippen molar-refractivity contribution in [2.45, 2.75) is 6.42 Å². The molecule has 0 radical (unpaired) electrons. The van der Waals surface area contributed by atoms with Crippen molar-refractivity contribution in [2.75, 3.05) is 20.1 Å². The maximum Gasteiger partial charge on any atom is 0.317 e. The number of benzene rings is 1. The molecule has 0 aliphatic carbocycles. The summed E-state index contributed by atoms with van der Waals surface area (Å²) in [7, 11) is 1.69. The topological polar surface area (TPSA) is 57.6 Å². The third-order valence-electron chi connectivity index (χ3n) is 2.22. The number of aliphatic carboxylic acids is 1. The Kier molecular flexibility index (Phi) is 4.66. The smallest absolute Gasteiger partial charge is 0.317 e. The molecule has 0 bridgehead atoms. The lowest BCUT2D eigenvalue weighted by Crippen LogP contribution is -2.27. The molecule has 0 saturated heterocycles. The van der Waals surface area contributed by atoms with Gasteiger partial charge in [-0.1, -0.05) is 30.3 Å². The molecule has 0 fully saturated rings. The Morgan fingerprint density at radius 2 is 1.88 bits per heavy atom. The van der Waals surface area contributed by atoms with Crippen LogP contribution in [0.2, 0.25) is 0 Å². The van der Waals surface area contributed by atoms with Gasteiger partial charge in [-0.3, -0.25) is 14.5 Å². The van der Waals surface area contributed by atoms with Crippen LogP contribution in [0.25, 0.3) is 0 Å². The molecule has 16 heavy (non-hydrogen) atoms. The van der Waals surface area contributed by atoms with Gasteiger partial charge in [-0.15, -0.1) is 0 Å². The summed E-state index contributed by atoms with van der Waals surface area (Å²) in [5, 5.41) is 8.54. The molecule has 0 aliphatic heterocycles. The first-order valence-corrected chi connectivity index (χ1v) is 5.08. The Bertz CT molecular complexity index is 362. The molecule has 0 amide bonds. The number of carboxylic acids is 1. The standard InChI is InChI=1S/C12H15NO3/c1-13(9-12(15)16)8-7-11(14)10-5-3-2-4-6-10/h2-6H,7-9H2,1H3,(H,15,16). The monoisotopic (exact) mass is 221 g/mol. The summed E-state index contributed by atoms with van der Waals surface area (Å²) in [5.41, 5.74) is 0.672. The van der Waals surface area contributed by atoms with Crippen LogP contribution < -0.4 is 0 Å². The minimum absolute atomic E-state index is 0.0396. The van der Waals surface area contributed by atoms with Gasteiger partial charge in [-0.25, -0.2) is 0 Å². The average molecular weight is 221 g/mol. The van der Waals surface area contributed by atoms with E-state index in [1.54, 1.807) is 24.1 Å². The van der Waals surface area contributed by atoms with Gasteiger partial charge in [0.25, 0.3) is 0 Å². The molecule has 1 aromatic rings. The van der Waals surface area contributed by atoms with Crippen LogP contribution in [0.5, 0.6) is 0 Å². The fourth-order valence-corrected chi connectivity index (χ4v) is 1.37. The van der Waals surface area contributed by atoms with Gasteiger partial charge in [-0.2, -0.15) is 0 Å². The molecule has 0 aromatic heterocycles. The highest BCUT2D eigenvalue weighted by Gasteiger charge is 2.08. The molecule has 1 N–H and O–H groups in total. The fourth-order valence-electron chi connectivity index (χ4n) is 1.37. The lowest BCUT2D eigenvalue weighted by molar-refractivity contribution is -0.137. The summed E-state index contributed by atoms with van der Waals surface area (Å²) < 4.78 is 0. The van der Waals surface area contributed by atoms with E-state index in [4.69, 9.17) is 5.11 Å². The number of hydrogen-bond donors (Lipinski definition) is 1. The van der Waals surface area contributed by atoms with E-state index in [9.17, 15) is 9.59 Å². The van der Waals surface area contributed by atoms with Crippen LogP contribution in [0.4, 0.5) is 0 Å². The van der Waals surface area contributed by atoms with Crippen molar-refractivity contribution in [3.63, 3.8) is 0 Å². The van der Waals surface area contributed by atoms with E-state index in [0.29, 0.717) is 18.5 Å². The van der Waals surface area contributed by atoms with Crippen molar-refractivity contribution in [2.24, 2.45) is 0 Å². The molecular weight excluding hydrogens is 206 g/mol. The second-order valence-corrected chi connectivity index (χ2v) is 3.67. The lowest BCUT2D eigenvalue weighted by Gasteiger charge is -2.12. The van der Waals surface area contributed by atoms with Gasteiger partial charge in [0, 0.05) is 18.5 Å². The van der Waals surface area contributed by atoms with Gasteiger partial charge in [-0.05, 0) is 7.05 Å². The van der Waals surface area contributed by atoms with E-state index in [2.05, 4.69) is 0 Å². The van der Waals surface area contributed by atoms with E-state index in [1.807, 2.05) is 18.2 Å². The molecular formula is C12H15NO3. The Hall–Kier alpha value is -1.68. The van der Waals surface area contributed by atoms with Gasteiger partial charge in [0.15, 0.2) is 5.78 Å². The summed E-state index contributed by atoms with van der Waals surface area (Å²) in [5.74, 6) is -0.840. The van der Waals surface area contributed by atoms with E-state index >= 15 is 0 Å². The summed E-state index contributed by atoms with van der Waals surface area (Å²) in [4.78, 5) is 23.7. The number of carbonyl (C=O) groups is 2. The molecule has 0 unspecified atom stereocenters. The fraction of sp³-hybridized carbons (Fsp3) is 0.333. The van der Waals surface area contributed by atoms with E-state index in [-0.39, 0.29) is 12.3 Å². The zero-order valence-corrected chi connectivity index (χ0v) is 9.22. The molecule has 1 aromatic carbocycles. The van der Waals surface area contributed by atoms with Crippen molar-refractivity contribution in [3.8, 4) is 0 Å². The first kappa shape index (κ1) is 12.4. The second-order valence-electron chi connectivity index (χ2n) is 3.67. The minimum atomic E-state index is -0.880. The second kappa shape index (κ2) is 6.02. The highest BCUT2D eigenvalue weighted by Crippen LogP contribution is 2.03. The summed E-state index contributed by atoms with van der Waals surface area (Å²) in [6, 6.07) is 9.01. The zero-order valence-electron chi connectivity index (χ0n) is 9.22. The molecule has 1 rings (SSSR count). The van der Waals surface area contributed by atoms with Gasteiger partial charge in [0.2, 0.25) is 0 Å². The highest BCUT2D eigenvalue weighted by atomic mass is 16.4. The zero-order chi connectivity index (χ0) is 12.0. The number of carbonyl (C=O) groups excluding carboxylic acids is 1. The number of likely N-dealkylation sites (N-methyl/N-ethyl adjacent to an activating group) is 1. The van der Waals surface area contributed by atoms with Crippen LogP contribution in [-0.2, 0) is 4.79 Å². The largest absolute Gasteiger partial charge is 0.480 e. The van der Waals surface area contributed by atoms with E-state index in [0.717, 1.165) is 0 Å². The highest BCUT2D eigenvalue weighted by molar-refractivity contribution is 5.96. The van der Waals surface area contributed by atoms with Crippen molar-refractivity contribution >= 4 is 11.8 Å². The number of rotatable bonds is 6. The molecule has 4 heteroatoms.